The molecule has 0 aromatic heterocycles. The van der Waals surface area contributed by atoms with Gasteiger partial charge in [-0.25, -0.2) is 0 Å². The topological polar surface area (TPSA) is 69.0 Å². The Balaban J connectivity index is 4.41. The van der Waals surface area contributed by atoms with E-state index < -0.39 is 14.2 Å². The van der Waals surface area contributed by atoms with Crippen molar-refractivity contribution in [2.45, 2.75) is 57.6 Å². The van der Waals surface area contributed by atoms with Crippen LogP contribution in [0, 0.1) is 0 Å². The molecular formula is C9H21N3OSi. The van der Waals surface area contributed by atoms with Crippen molar-refractivity contribution >= 4 is 8.07 Å². The molecule has 0 aliphatic rings. The van der Waals surface area contributed by atoms with Gasteiger partial charge in [-0.3, -0.25) is 0 Å². The van der Waals surface area contributed by atoms with Gasteiger partial charge in [0, 0.05) is 4.91 Å². The zero-order chi connectivity index (χ0) is 11.2. The van der Waals surface area contributed by atoms with E-state index in [9.17, 15) is 5.11 Å². The summed E-state index contributed by atoms with van der Waals surface area (Å²) in [6.07, 6.45) is 2.33. The van der Waals surface area contributed by atoms with Crippen LogP contribution >= 0.6 is 0 Å². The number of rotatable bonds is 6. The Morgan fingerprint density at radius 2 is 2.00 bits per heavy atom. The van der Waals surface area contributed by atoms with Crippen LogP contribution in [0.2, 0.25) is 19.6 Å². The first-order valence-corrected chi connectivity index (χ1v) is 8.73. The Kier molecular flexibility index (Phi) is 5.84. The van der Waals surface area contributed by atoms with Crippen molar-refractivity contribution in [2.24, 2.45) is 5.11 Å². The Hall–Kier alpha value is -0.513. The van der Waals surface area contributed by atoms with E-state index in [0.29, 0.717) is 0 Å². The molecule has 5 heteroatoms. The van der Waals surface area contributed by atoms with Crippen molar-refractivity contribution in [2.75, 3.05) is 0 Å². The van der Waals surface area contributed by atoms with Crippen LogP contribution in [0.15, 0.2) is 5.11 Å². The highest BCUT2D eigenvalue weighted by atomic mass is 28.3. The highest BCUT2D eigenvalue weighted by molar-refractivity contribution is 6.77. The van der Waals surface area contributed by atoms with Gasteiger partial charge in [0.2, 0.25) is 0 Å². The molecule has 82 valence electrons. The van der Waals surface area contributed by atoms with E-state index >= 15 is 0 Å². The minimum Gasteiger partial charge on any atom is -0.393 e. The first kappa shape index (κ1) is 13.5. The minimum absolute atomic E-state index is 0.195. The highest BCUT2D eigenvalue weighted by Gasteiger charge is 2.31. The van der Waals surface area contributed by atoms with Gasteiger partial charge in [0.05, 0.1) is 19.8 Å². The second-order valence-corrected chi connectivity index (χ2v) is 10.0. The Labute approximate surface area is 87.0 Å². The van der Waals surface area contributed by atoms with E-state index in [4.69, 9.17) is 5.53 Å². The first-order valence-electron chi connectivity index (χ1n) is 5.15. The molecule has 0 unspecified atom stereocenters. The summed E-state index contributed by atoms with van der Waals surface area (Å²) < 4.78 is 0. The van der Waals surface area contributed by atoms with Gasteiger partial charge in [-0.1, -0.05) is 44.5 Å². The number of unbranched alkanes of at least 4 members (excludes halogenated alkanes) is 1. The Bertz CT molecular complexity index is 209. The molecule has 0 radical (unpaired) electrons. The van der Waals surface area contributed by atoms with Crippen LogP contribution in [0.1, 0.15) is 26.2 Å². The molecule has 0 bridgehead atoms. The largest absolute Gasteiger partial charge is 0.393 e. The summed E-state index contributed by atoms with van der Waals surface area (Å²) in [5.41, 5.74) is 8.25. The standard InChI is InChI=1S/C9H21N3OSi/c1-5-6-7-8(13)9(11-12-10)14(2,3)4/h8-9,13H,5-7H2,1-4H3/t8-,9+/m1/s1. The minimum atomic E-state index is -1.59. The van der Waals surface area contributed by atoms with E-state index in [1.165, 1.54) is 0 Å². The number of aliphatic hydroxyl groups excluding tert-OH is 1. The molecule has 14 heavy (non-hydrogen) atoms. The third-order valence-electron chi connectivity index (χ3n) is 2.28. The normalized spacial score (nSPS) is 15.8. The predicted octanol–water partition coefficient (Wildman–Crippen LogP) is 3.09. The van der Waals surface area contributed by atoms with Gasteiger partial charge in [-0.2, -0.15) is 0 Å². The van der Waals surface area contributed by atoms with Crippen molar-refractivity contribution in [3.8, 4) is 0 Å². The van der Waals surface area contributed by atoms with Crippen LogP contribution in [0.5, 0.6) is 0 Å². The van der Waals surface area contributed by atoms with Crippen LogP contribution in [-0.2, 0) is 0 Å². The Morgan fingerprint density at radius 1 is 1.43 bits per heavy atom. The molecule has 0 rings (SSSR count). The quantitative estimate of drug-likeness (QED) is 0.314. The summed E-state index contributed by atoms with van der Waals surface area (Å²) in [4.78, 5) is 2.83. The molecule has 0 amide bonds. The van der Waals surface area contributed by atoms with Crippen LogP contribution in [0.25, 0.3) is 10.4 Å². The lowest BCUT2D eigenvalue weighted by Crippen LogP contribution is -2.45. The molecule has 1 N–H and O–H groups in total. The molecule has 4 nitrogen and oxygen atoms in total. The molecule has 0 aliphatic carbocycles. The monoisotopic (exact) mass is 215 g/mol. The average Bonchev–Trinajstić information content (AvgIpc) is 2.08. The molecular weight excluding hydrogens is 194 g/mol. The fourth-order valence-corrected chi connectivity index (χ4v) is 3.17. The number of hydrogen-bond donors (Lipinski definition) is 1. The molecule has 0 fully saturated rings. The van der Waals surface area contributed by atoms with Crippen LogP contribution in [0.4, 0.5) is 0 Å². The summed E-state index contributed by atoms with van der Waals surface area (Å²) in [7, 11) is -1.59. The molecule has 0 saturated heterocycles. The van der Waals surface area contributed by atoms with Gasteiger partial charge < -0.3 is 5.11 Å². The average molecular weight is 215 g/mol. The number of nitrogens with zero attached hydrogens (tertiary/aromatic N) is 3. The maximum atomic E-state index is 9.88. The maximum absolute atomic E-state index is 9.88. The zero-order valence-electron chi connectivity index (χ0n) is 9.56. The van der Waals surface area contributed by atoms with E-state index in [1.807, 2.05) is 0 Å². The second kappa shape index (κ2) is 6.06. The molecule has 0 heterocycles. The van der Waals surface area contributed by atoms with Crippen molar-refractivity contribution in [3.63, 3.8) is 0 Å². The lowest BCUT2D eigenvalue weighted by molar-refractivity contribution is 0.154. The summed E-state index contributed by atoms with van der Waals surface area (Å²) in [6, 6.07) is 0. The van der Waals surface area contributed by atoms with Crippen molar-refractivity contribution in [1.29, 1.82) is 0 Å². The third-order valence-corrected chi connectivity index (χ3v) is 4.56. The maximum Gasteiger partial charge on any atom is 0.0600 e. The number of aliphatic hydroxyl groups is 1. The van der Waals surface area contributed by atoms with Crippen LogP contribution in [0.3, 0.4) is 0 Å². The van der Waals surface area contributed by atoms with E-state index in [-0.39, 0.29) is 5.67 Å². The van der Waals surface area contributed by atoms with E-state index in [1.54, 1.807) is 0 Å². The highest BCUT2D eigenvalue weighted by Crippen LogP contribution is 2.19. The Morgan fingerprint density at radius 3 is 2.36 bits per heavy atom. The smallest absolute Gasteiger partial charge is 0.0600 e. The van der Waals surface area contributed by atoms with Crippen LogP contribution in [-0.4, -0.2) is 24.9 Å². The van der Waals surface area contributed by atoms with Gasteiger partial charge in [0.25, 0.3) is 0 Å². The van der Waals surface area contributed by atoms with Gasteiger partial charge >= 0.3 is 0 Å². The number of azide groups is 1. The summed E-state index contributed by atoms with van der Waals surface area (Å²) >= 11 is 0. The van der Waals surface area contributed by atoms with Gasteiger partial charge in [0.1, 0.15) is 0 Å². The summed E-state index contributed by atoms with van der Waals surface area (Å²) in [5.74, 6) is 0. The first-order chi connectivity index (χ1) is 6.43. The SMILES string of the molecule is CCCC[C@@H](O)[C@@H](N=[N+]=[N-])[Si](C)(C)C. The fraction of sp³-hybridized carbons (Fsp3) is 1.00. The summed E-state index contributed by atoms with van der Waals surface area (Å²) in [5, 5.41) is 13.6. The zero-order valence-corrected chi connectivity index (χ0v) is 10.6. The van der Waals surface area contributed by atoms with Crippen molar-refractivity contribution in [1.82, 2.24) is 0 Å². The van der Waals surface area contributed by atoms with Gasteiger partial charge in [-0.15, -0.1) is 0 Å². The number of hydrogen-bond acceptors (Lipinski definition) is 2. The lowest BCUT2D eigenvalue weighted by Gasteiger charge is -2.28. The lowest BCUT2D eigenvalue weighted by atomic mass is 10.1. The third kappa shape index (κ3) is 4.65. The van der Waals surface area contributed by atoms with Crippen LogP contribution < -0.4 is 0 Å². The van der Waals surface area contributed by atoms with E-state index in [0.717, 1.165) is 19.3 Å². The predicted molar refractivity (Wildman–Crippen MR) is 61.8 cm³/mol. The van der Waals surface area contributed by atoms with E-state index in [2.05, 4.69) is 36.6 Å². The molecule has 0 aromatic rings. The molecule has 0 saturated carbocycles. The molecule has 0 aromatic carbocycles. The van der Waals surface area contributed by atoms with Crippen molar-refractivity contribution < 1.29 is 5.11 Å². The fourth-order valence-electron chi connectivity index (χ4n) is 1.45. The van der Waals surface area contributed by atoms with Gasteiger partial charge in [-0.05, 0) is 12.0 Å². The second-order valence-electron chi connectivity index (χ2n) is 4.73. The molecule has 0 spiro atoms. The van der Waals surface area contributed by atoms with Crippen molar-refractivity contribution in [3.05, 3.63) is 10.4 Å². The van der Waals surface area contributed by atoms with Gasteiger partial charge in [0.15, 0.2) is 0 Å². The molecule has 2 atom stereocenters. The summed E-state index contributed by atoms with van der Waals surface area (Å²) in [6.45, 7) is 8.42. The molecule has 0 aliphatic heterocycles.